The monoisotopic (exact) mass is 491 g/mol. The van der Waals surface area contributed by atoms with Crippen LogP contribution in [0.1, 0.15) is 5.56 Å². The highest BCUT2D eigenvalue weighted by atomic mass is 32.2. The van der Waals surface area contributed by atoms with Gasteiger partial charge in [0.2, 0.25) is 5.17 Å². The molecular formula is C28H21N5O2S. The van der Waals surface area contributed by atoms with E-state index in [1.54, 1.807) is 6.07 Å². The zero-order valence-corrected chi connectivity index (χ0v) is 19.8. The summed E-state index contributed by atoms with van der Waals surface area (Å²) in [5.41, 5.74) is 2.88. The van der Waals surface area contributed by atoms with Crippen molar-refractivity contribution in [3.63, 3.8) is 0 Å². The number of hydrogen-bond donors (Lipinski definition) is 2. The van der Waals surface area contributed by atoms with Crippen molar-refractivity contribution in [2.45, 2.75) is 0 Å². The number of aromatic hydroxyl groups is 2. The van der Waals surface area contributed by atoms with Crippen molar-refractivity contribution in [1.82, 2.24) is 0 Å². The van der Waals surface area contributed by atoms with E-state index >= 15 is 0 Å². The Hall–Kier alpha value is -4.69. The molecule has 0 radical (unpaired) electrons. The molecule has 0 atom stereocenters. The maximum Gasteiger partial charge on any atom is 0.202 e. The molecule has 0 amide bonds. The van der Waals surface area contributed by atoms with Gasteiger partial charge in [0.05, 0.1) is 17.6 Å². The van der Waals surface area contributed by atoms with Crippen LogP contribution in [0.3, 0.4) is 0 Å². The minimum absolute atomic E-state index is 0.0268. The molecule has 0 unspecified atom stereocenters. The van der Waals surface area contributed by atoms with Crippen molar-refractivity contribution >= 4 is 51.1 Å². The largest absolute Gasteiger partial charge is 0.508 e. The smallest absolute Gasteiger partial charge is 0.202 e. The third kappa shape index (κ3) is 5.34. The summed E-state index contributed by atoms with van der Waals surface area (Å²) in [6.07, 6.45) is 1.44. The molecule has 0 spiro atoms. The SMILES string of the molecule is Oc1ccc(/C=N\N=C2\SC(=Nc3ccccc3)C(=Nc3ccccc3)N2c2ccccc2)c(O)c1. The number of nitrogens with zero attached hydrogens (tertiary/aromatic N) is 5. The van der Waals surface area contributed by atoms with Gasteiger partial charge in [-0.05, 0) is 60.3 Å². The molecule has 8 heteroatoms. The second-order valence-electron chi connectivity index (χ2n) is 7.67. The average molecular weight is 492 g/mol. The molecule has 1 heterocycles. The molecule has 7 nitrogen and oxygen atoms in total. The van der Waals surface area contributed by atoms with E-state index in [9.17, 15) is 10.2 Å². The summed E-state index contributed by atoms with van der Waals surface area (Å²) in [5, 5.41) is 29.5. The lowest BCUT2D eigenvalue weighted by atomic mass is 10.2. The molecule has 4 aromatic carbocycles. The minimum atomic E-state index is -0.0874. The lowest BCUT2D eigenvalue weighted by Gasteiger charge is -2.17. The summed E-state index contributed by atoms with van der Waals surface area (Å²) in [7, 11) is 0. The lowest BCUT2D eigenvalue weighted by molar-refractivity contribution is 0.450. The topological polar surface area (TPSA) is 93.1 Å². The first-order valence-electron chi connectivity index (χ1n) is 11.1. The third-order valence-electron chi connectivity index (χ3n) is 5.13. The summed E-state index contributed by atoms with van der Waals surface area (Å²) in [5.74, 6) is 0.513. The van der Waals surface area contributed by atoms with Gasteiger partial charge < -0.3 is 10.2 Å². The molecular weight excluding hydrogens is 470 g/mol. The van der Waals surface area contributed by atoms with Crippen LogP contribution < -0.4 is 4.90 Å². The molecule has 1 saturated heterocycles. The van der Waals surface area contributed by atoms with Gasteiger partial charge in [0.1, 0.15) is 16.5 Å². The van der Waals surface area contributed by atoms with E-state index in [-0.39, 0.29) is 11.5 Å². The first-order chi connectivity index (χ1) is 17.7. The zero-order chi connectivity index (χ0) is 24.7. The summed E-state index contributed by atoms with van der Waals surface area (Å²) in [6.45, 7) is 0. The molecule has 0 bridgehead atoms. The fraction of sp³-hybridized carbons (Fsp3) is 0. The van der Waals surface area contributed by atoms with Crippen molar-refractivity contribution < 1.29 is 10.2 Å². The van der Waals surface area contributed by atoms with Crippen molar-refractivity contribution in [1.29, 1.82) is 0 Å². The quantitative estimate of drug-likeness (QED) is 0.246. The molecule has 0 saturated carbocycles. The van der Waals surface area contributed by atoms with Gasteiger partial charge in [-0.15, -0.1) is 5.10 Å². The Morgan fingerprint density at radius 1 is 0.694 bits per heavy atom. The number of hydrogen-bond acceptors (Lipinski definition) is 7. The van der Waals surface area contributed by atoms with E-state index < -0.39 is 0 Å². The highest BCUT2D eigenvalue weighted by Crippen LogP contribution is 2.33. The van der Waals surface area contributed by atoms with Gasteiger partial charge >= 0.3 is 0 Å². The maximum absolute atomic E-state index is 10.1. The van der Waals surface area contributed by atoms with Gasteiger partial charge in [-0.25, -0.2) is 9.98 Å². The van der Waals surface area contributed by atoms with Crippen LogP contribution in [0.2, 0.25) is 0 Å². The molecule has 2 N–H and O–H groups in total. The molecule has 0 aliphatic carbocycles. The standard InChI is InChI=1S/C28H21N5O2S/c34-24-17-16-20(25(35)18-24)19-29-32-28-33(23-14-8-3-9-15-23)26(30-21-10-4-1-5-11-21)27(36-28)31-22-12-6-2-7-13-22/h1-19,34-35H/b29-19-,30-26?,31-27?,32-28+. The number of aliphatic imine (C=N–C) groups is 2. The fourth-order valence-corrected chi connectivity index (χ4v) is 4.36. The van der Waals surface area contributed by atoms with E-state index in [1.165, 1.54) is 30.1 Å². The molecule has 1 aliphatic heterocycles. The predicted molar refractivity (Wildman–Crippen MR) is 148 cm³/mol. The Morgan fingerprint density at radius 3 is 1.94 bits per heavy atom. The van der Waals surface area contributed by atoms with Crippen molar-refractivity contribution in [2.75, 3.05) is 4.90 Å². The van der Waals surface area contributed by atoms with E-state index in [0.717, 1.165) is 17.1 Å². The van der Waals surface area contributed by atoms with Crippen LogP contribution in [0.5, 0.6) is 11.5 Å². The van der Waals surface area contributed by atoms with Crippen LogP contribution in [0.15, 0.2) is 129 Å². The van der Waals surface area contributed by atoms with Gasteiger partial charge in [0.15, 0.2) is 5.84 Å². The van der Waals surface area contributed by atoms with E-state index in [2.05, 4.69) is 10.2 Å². The van der Waals surface area contributed by atoms with Gasteiger partial charge in [-0.2, -0.15) is 5.10 Å². The summed E-state index contributed by atoms with van der Waals surface area (Å²) in [4.78, 5) is 11.7. The summed E-state index contributed by atoms with van der Waals surface area (Å²) in [6, 6.07) is 33.4. The number of benzene rings is 4. The molecule has 1 aliphatic rings. The van der Waals surface area contributed by atoms with Crippen molar-refractivity contribution in [3.05, 3.63) is 115 Å². The van der Waals surface area contributed by atoms with Crippen molar-refractivity contribution in [2.24, 2.45) is 20.2 Å². The Balaban J connectivity index is 1.61. The van der Waals surface area contributed by atoms with Crippen LogP contribution in [-0.2, 0) is 0 Å². The van der Waals surface area contributed by atoms with Crippen molar-refractivity contribution in [3.8, 4) is 11.5 Å². The lowest BCUT2D eigenvalue weighted by Crippen LogP contribution is -2.30. The molecule has 36 heavy (non-hydrogen) atoms. The summed E-state index contributed by atoms with van der Waals surface area (Å²) >= 11 is 1.36. The van der Waals surface area contributed by atoms with E-state index in [0.29, 0.717) is 21.6 Å². The fourth-order valence-electron chi connectivity index (χ4n) is 3.44. The molecule has 1 fully saturated rings. The number of amidine groups is 2. The number of para-hydroxylation sites is 3. The number of rotatable bonds is 5. The molecule has 0 aromatic heterocycles. The predicted octanol–water partition coefficient (Wildman–Crippen LogP) is 6.50. The number of phenols is 2. The second kappa shape index (κ2) is 10.7. The van der Waals surface area contributed by atoms with Crippen LogP contribution in [0.25, 0.3) is 0 Å². The minimum Gasteiger partial charge on any atom is -0.508 e. The van der Waals surface area contributed by atoms with Crippen LogP contribution in [0.4, 0.5) is 17.1 Å². The Morgan fingerprint density at radius 2 is 1.31 bits per heavy atom. The van der Waals surface area contributed by atoms with E-state index in [1.807, 2.05) is 95.9 Å². The Kier molecular flexibility index (Phi) is 6.86. The highest BCUT2D eigenvalue weighted by molar-refractivity contribution is 8.29. The van der Waals surface area contributed by atoms with Crippen LogP contribution >= 0.6 is 11.8 Å². The normalized spacial score (nSPS) is 17.0. The maximum atomic E-state index is 10.1. The summed E-state index contributed by atoms with van der Waals surface area (Å²) < 4.78 is 0. The third-order valence-corrected chi connectivity index (χ3v) is 6.04. The van der Waals surface area contributed by atoms with Gasteiger partial charge in [0, 0.05) is 17.3 Å². The van der Waals surface area contributed by atoms with Gasteiger partial charge in [0.25, 0.3) is 0 Å². The van der Waals surface area contributed by atoms with Crippen LogP contribution in [-0.4, -0.2) is 32.5 Å². The first kappa shape index (κ1) is 23.1. The highest BCUT2D eigenvalue weighted by Gasteiger charge is 2.34. The number of thioether (sulfide) groups is 1. The average Bonchev–Trinajstić information content (AvgIpc) is 3.23. The Labute approximate surface area is 212 Å². The Bertz CT molecular complexity index is 1470. The van der Waals surface area contributed by atoms with Gasteiger partial charge in [-0.1, -0.05) is 54.6 Å². The van der Waals surface area contributed by atoms with E-state index in [4.69, 9.17) is 9.98 Å². The number of phenolic OH excluding ortho intramolecular Hbond substituents is 2. The van der Waals surface area contributed by atoms with Crippen LogP contribution in [0, 0.1) is 0 Å². The zero-order valence-electron chi connectivity index (χ0n) is 19.0. The number of anilines is 1. The molecule has 4 aromatic rings. The van der Waals surface area contributed by atoms with Gasteiger partial charge in [-0.3, -0.25) is 4.90 Å². The molecule has 176 valence electrons. The second-order valence-corrected chi connectivity index (χ2v) is 8.62. The molecule has 5 rings (SSSR count). The first-order valence-corrected chi connectivity index (χ1v) is 11.9.